The predicted octanol–water partition coefficient (Wildman–Crippen LogP) is 1.85. The van der Waals surface area contributed by atoms with Crippen LogP contribution in [0.2, 0.25) is 0 Å². The summed E-state index contributed by atoms with van der Waals surface area (Å²) >= 11 is 0. The fraction of sp³-hybridized carbons (Fsp3) is 0.625. The second-order valence-corrected chi connectivity index (χ2v) is 5.52. The van der Waals surface area contributed by atoms with Gasteiger partial charge in [0.25, 0.3) is 0 Å². The number of aliphatic hydroxyl groups excluding tert-OH is 1. The van der Waals surface area contributed by atoms with E-state index in [9.17, 15) is 5.11 Å². The van der Waals surface area contributed by atoms with Gasteiger partial charge in [0.05, 0.1) is 6.10 Å². The molecule has 1 N–H and O–H groups in total. The Morgan fingerprint density at radius 3 is 2.75 bits per heavy atom. The molecular weight excluding hydrogens is 254 g/mol. The zero-order chi connectivity index (χ0) is 14.4. The second-order valence-electron chi connectivity index (χ2n) is 5.52. The SMILES string of the molecule is COC1CCN(CC(O)COc2cccc(C)c2)CC1. The van der Waals surface area contributed by atoms with Gasteiger partial charge in [-0.05, 0) is 37.5 Å². The Bertz CT molecular complexity index is 402. The van der Waals surface area contributed by atoms with Crippen molar-refractivity contribution in [2.75, 3.05) is 33.4 Å². The summed E-state index contributed by atoms with van der Waals surface area (Å²) in [5.41, 5.74) is 1.17. The third-order valence-corrected chi connectivity index (χ3v) is 3.77. The average molecular weight is 279 g/mol. The number of ether oxygens (including phenoxy) is 2. The summed E-state index contributed by atoms with van der Waals surface area (Å²) in [6.45, 7) is 5.01. The van der Waals surface area contributed by atoms with E-state index in [2.05, 4.69) is 4.90 Å². The molecule has 20 heavy (non-hydrogen) atoms. The molecular formula is C16H25NO3. The molecule has 4 heteroatoms. The first kappa shape index (κ1) is 15.3. The van der Waals surface area contributed by atoms with Crippen molar-refractivity contribution in [1.82, 2.24) is 4.90 Å². The number of hydrogen-bond acceptors (Lipinski definition) is 4. The van der Waals surface area contributed by atoms with Gasteiger partial charge in [-0.15, -0.1) is 0 Å². The number of benzene rings is 1. The minimum absolute atomic E-state index is 0.341. The molecule has 4 nitrogen and oxygen atoms in total. The smallest absolute Gasteiger partial charge is 0.119 e. The molecule has 0 saturated carbocycles. The monoisotopic (exact) mass is 279 g/mol. The highest BCUT2D eigenvalue weighted by atomic mass is 16.5. The van der Waals surface area contributed by atoms with Gasteiger partial charge >= 0.3 is 0 Å². The van der Waals surface area contributed by atoms with Crippen LogP contribution in [0.4, 0.5) is 0 Å². The molecule has 1 aromatic carbocycles. The number of aryl methyl sites for hydroxylation is 1. The number of rotatable bonds is 6. The minimum Gasteiger partial charge on any atom is -0.491 e. The Morgan fingerprint density at radius 1 is 1.35 bits per heavy atom. The van der Waals surface area contributed by atoms with Crippen molar-refractivity contribution in [3.8, 4) is 5.75 Å². The van der Waals surface area contributed by atoms with Gasteiger partial charge in [-0.25, -0.2) is 0 Å². The summed E-state index contributed by atoms with van der Waals surface area (Å²) in [5, 5.41) is 10.1. The first-order valence-electron chi connectivity index (χ1n) is 7.30. The van der Waals surface area contributed by atoms with Crippen molar-refractivity contribution in [3.63, 3.8) is 0 Å². The highest BCUT2D eigenvalue weighted by Crippen LogP contribution is 2.15. The van der Waals surface area contributed by atoms with Crippen LogP contribution < -0.4 is 4.74 Å². The summed E-state index contributed by atoms with van der Waals surface area (Å²) in [6, 6.07) is 7.90. The molecule has 2 rings (SSSR count). The van der Waals surface area contributed by atoms with E-state index in [1.165, 1.54) is 5.56 Å². The number of hydrogen-bond donors (Lipinski definition) is 1. The first-order chi connectivity index (χ1) is 9.67. The van der Waals surface area contributed by atoms with Gasteiger partial charge in [0, 0.05) is 26.7 Å². The predicted molar refractivity (Wildman–Crippen MR) is 79.2 cm³/mol. The number of nitrogens with zero attached hydrogens (tertiary/aromatic N) is 1. The number of likely N-dealkylation sites (tertiary alicyclic amines) is 1. The van der Waals surface area contributed by atoms with Crippen molar-refractivity contribution in [3.05, 3.63) is 29.8 Å². The van der Waals surface area contributed by atoms with Gasteiger partial charge in [0.15, 0.2) is 0 Å². The molecule has 112 valence electrons. The lowest BCUT2D eigenvalue weighted by atomic mass is 10.1. The molecule has 1 heterocycles. The van der Waals surface area contributed by atoms with Crippen molar-refractivity contribution in [1.29, 1.82) is 0 Å². The molecule has 0 aliphatic carbocycles. The molecule has 1 atom stereocenters. The Kier molecular flexibility index (Phi) is 5.83. The lowest BCUT2D eigenvalue weighted by Crippen LogP contribution is -2.42. The largest absolute Gasteiger partial charge is 0.491 e. The van der Waals surface area contributed by atoms with E-state index in [4.69, 9.17) is 9.47 Å². The molecule has 0 bridgehead atoms. The number of aliphatic hydroxyl groups is 1. The van der Waals surface area contributed by atoms with Crippen molar-refractivity contribution in [2.45, 2.75) is 32.0 Å². The maximum Gasteiger partial charge on any atom is 0.119 e. The molecule has 0 aromatic heterocycles. The number of methoxy groups -OCH3 is 1. The van der Waals surface area contributed by atoms with Gasteiger partial charge in [0.2, 0.25) is 0 Å². The van der Waals surface area contributed by atoms with Gasteiger partial charge in [-0.2, -0.15) is 0 Å². The molecule has 0 radical (unpaired) electrons. The minimum atomic E-state index is -0.449. The second kappa shape index (κ2) is 7.62. The zero-order valence-electron chi connectivity index (χ0n) is 12.4. The summed E-state index contributed by atoms with van der Waals surface area (Å²) in [5.74, 6) is 0.821. The van der Waals surface area contributed by atoms with Crippen LogP contribution in [-0.4, -0.2) is 55.6 Å². The molecule has 0 spiro atoms. The highest BCUT2D eigenvalue weighted by Gasteiger charge is 2.20. The molecule has 1 aliphatic rings. The van der Waals surface area contributed by atoms with Crippen molar-refractivity contribution in [2.24, 2.45) is 0 Å². The molecule has 1 saturated heterocycles. The van der Waals surface area contributed by atoms with Crippen LogP contribution in [0.15, 0.2) is 24.3 Å². The fourth-order valence-corrected chi connectivity index (χ4v) is 2.58. The summed E-state index contributed by atoms with van der Waals surface area (Å²) < 4.78 is 11.0. The van der Waals surface area contributed by atoms with E-state index in [0.29, 0.717) is 19.3 Å². The normalized spacial score (nSPS) is 18.9. The van der Waals surface area contributed by atoms with Crippen LogP contribution in [0.1, 0.15) is 18.4 Å². The molecule has 1 unspecified atom stereocenters. The van der Waals surface area contributed by atoms with Crippen LogP contribution in [0.5, 0.6) is 5.75 Å². The van der Waals surface area contributed by atoms with Gasteiger partial charge < -0.3 is 19.5 Å². The Morgan fingerprint density at radius 2 is 2.10 bits per heavy atom. The molecule has 1 aliphatic heterocycles. The highest BCUT2D eigenvalue weighted by molar-refractivity contribution is 5.27. The summed E-state index contributed by atoms with van der Waals surface area (Å²) in [4.78, 5) is 2.28. The van der Waals surface area contributed by atoms with E-state index in [-0.39, 0.29) is 0 Å². The topological polar surface area (TPSA) is 41.9 Å². The van der Waals surface area contributed by atoms with Crippen LogP contribution >= 0.6 is 0 Å². The van der Waals surface area contributed by atoms with Crippen molar-refractivity contribution < 1.29 is 14.6 Å². The number of piperidine rings is 1. The van der Waals surface area contributed by atoms with E-state index < -0.39 is 6.10 Å². The van der Waals surface area contributed by atoms with Gasteiger partial charge in [-0.3, -0.25) is 0 Å². The van der Waals surface area contributed by atoms with Crippen LogP contribution in [0, 0.1) is 6.92 Å². The van der Waals surface area contributed by atoms with E-state index in [1.54, 1.807) is 7.11 Å². The van der Waals surface area contributed by atoms with Crippen LogP contribution in [0.3, 0.4) is 0 Å². The fourth-order valence-electron chi connectivity index (χ4n) is 2.58. The lowest BCUT2D eigenvalue weighted by molar-refractivity contribution is 0.0153. The van der Waals surface area contributed by atoms with E-state index >= 15 is 0 Å². The van der Waals surface area contributed by atoms with Gasteiger partial charge in [0.1, 0.15) is 18.5 Å². The van der Waals surface area contributed by atoms with Gasteiger partial charge in [-0.1, -0.05) is 12.1 Å². The average Bonchev–Trinajstić information content (AvgIpc) is 2.46. The lowest BCUT2D eigenvalue weighted by Gasteiger charge is -2.32. The first-order valence-corrected chi connectivity index (χ1v) is 7.30. The van der Waals surface area contributed by atoms with Crippen LogP contribution in [-0.2, 0) is 4.74 Å². The third-order valence-electron chi connectivity index (χ3n) is 3.77. The molecule has 1 fully saturated rings. The maximum atomic E-state index is 10.1. The van der Waals surface area contributed by atoms with E-state index in [1.807, 2.05) is 31.2 Å². The zero-order valence-corrected chi connectivity index (χ0v) is 12.4. The number of β-amino-alcohol motifs (C(OH)–C–C–N with tert-alkyl or cyclic N) is 1. The quantitative estimate of drug-likeness (QED) is 0.863. The summed E-state index contributed by atoms with van der Waals surface area (Å²) in [7, 11) is 1.77. The summed E-state index contributed by atoms with van der Waals surface area (Å²) in [6.07, 6.45) is 2.02. The standard InChI is InChI=1S/C16H25NO3/c1-13-4-3-5-16(10-13)20-12-14(18)11-17-8-6-15(19-2)7-9-17/h3-5,10,14-15,18H,6-9,11-12H2,1-2H3. The van der Waals surface area contributed by atoms with Crippen LogP contribution in [0.25, 0.3) is 0 Å². The van der Waals surface area contributed by atoms with Crippen molar-refractivity contribution >= 4 is 0 Å². The maximum absolute atomic E-state index is 10.1. The Hall–Kier alpha value is -1.10. The Labute approximate surface area is 121 Å². The third kappa shape index (κ3) is 4.78. The van der Waals surface area contributed by atoms with E-state index in [0.717, 1.165) is 31.7 Å². The molecule has 0 amide bonds. The molecule has 1 aromatic rings. The Balaban J connectivity index is 1.69.